The average Bonchev–Trinajstić information content (AvgIpc) is 3.43. The predicted octanol–water partition coefficient (Wildman–Crippen LogP) is 3.79. The van der Waals surface area contributed by atoms with Crippen molar-refractivity contribution in [2.24, 2.45) is 5.92 Å². The number of carboxylic acid groups (broad SMARTS) is 1. The van der Waals surface area contributed by atoms with Crippen molar-refractivity contribution in [3.63, 3.8) is 0 Å². The van der Waals surface area contributed by atoms with Crippen LogP contribution in [0.15, 0.2) is 24.4 Å². The molecule has 1 saturated carbocycles. The van der Waals surface area contributed by atoms with Crippen molar-refractivity contribution >= 4 is 11.9 Å². The molecule has 0 saturated heterocycles. The number of alkyl halides is 1. The molecule has 0 bridgehead atoms. The molecule has 1 fully saturated rings. The van der Waals surface area contributed by atoms with E-state index in [1.165, 1.54) is 15.8 Å². The zero-order chi connectivity index (χ0) is 24.1. The van der Waals surface area contributed by atoms with E-state index in [2.05, 4.69) is 27.8 Å². The number of carbonyl (C=O) groups excluding carboxylic acids is 1. The van der Waals surface area contributed by atoms with Gasteiger partial charge in [0.25, 0.3) is 0 Å². The number of ether oxygens (including phenoxy) is 1. The minimum Gasteiger partial charge on any atom is -0.497 e. The summed E-state index contributed by atoms with van der Waals surface area (Å²) in [5.41, 5.74) is 1.63. The number of nitrogens with zero attached hydrogens (tertiary/aromatic N) is 3. The number of hydrogen-bond acceptors (Lipinski definition) is 5. The summed E-state index contributed by atoms with van der Waals surface area (Å²) >= 11 is 0. The molecule has 0 spiro atoms. The molecule has 3 atom stereocenters. The Labute approximate surface area is 198 Å². The molecule has 34 heavy (non-hydrogen) atoms. The highest BCUT2D eigenvalue weighted by molar-refractivity contribution is 5.76. The van der Waals surface area contributed by atoms with Crippen LogP contribution in [0.25, 0.3) is 0 Å². The zero-order valence-corrected chi connectivity index (χ0v) is 19.6. The number of carbonyl (C=O) groups is 2. The molecule has 2 aliphatic carbocycles. The third-order valence-electron chi connectivity index (χ3n) is 7.02. The van der Waals surface area contributed by atoms with Crippen molar-refractivity contribution < 1.29 is 23.8 Å². The van der Waals surface area contributed by atoms with E-state index in [-0.39, 0.29) is 31.3 Å². The Kier molecular flexibility index (Phi) is 7.48. The molecule has 8 nitrogen and oxygen atoms in total. The lowest BCUT2D eigenvalue weighted by Crippen LogP contribution is -2.30. The summed E-state index contributed by atoms with van der Waals surface area (Å²) < 4.78 is 21.7. The molecular weight excluding hydrogens is 439 g/mol. The Hall–Kier alpha value is -2.97. The molecule has 1 unspecified atom stereocenters. The molecule has 2 aliphatic rings. The number of unbranched alkanes of at least 4 members (excludes halogenated alkanes) is 1. The van der Waals surface area contributed by atoms with Gasteiger partial charge in [-0.25, -0.2) is 9.07 Å². The highest BCUT2D eigenvalue weighted by atomic mass is 19.1. The van der Waals surface area contributed by atoms with Gasteiger partial charge in [0.2, 0.25) is 5.91 Å². The van der Waals surface area contributed by atoms with Gasteiger partial charge in [0.1, 0.15) is 11.4 Å². The van der Waals surface area contributed by atoms with E-state index in [1.54, 1.807) is 13.3 Å². The summed E-state index contributed by atoms with van der Waals surface area (Å²) in [6, 6.07) is 6.10. The number of aryl methyl sites for hydroxylation is 2. The second kappa shape index (κ2) is 10.5. The molecule has 0 aliphatic heterocycles. The van der Waals surface area contributed by atoms with Crippen LogP contribution in [0.4, 0.5) is 4.39 Å². The van der Waals surface area contributed by atoms with Crippen LogP contribution in [0.2, 0.25) is 0 Å². The average molecular weight is 473 g/mol. The fourth-order valence-electron chi connectivity index (χ4n) is 5.18. The molecule has 2 N–H and O–H groups in total. The summed E-state index contributed by atoms with van der Waals surface area (Å²) in [6.07, 6.45) is 7.94. The maximum Gasteiger partial charge on any atom is 0.306 e. The van der Waals surface area contributed by atoms with Crippen LogP contribution in [0, 0.1) is 5.92 Å². The lowest BCUT2D eigenvalue weighted by molar-refractivity contribution is -0.141. The van der Waals surface area contributed by atoms with Crippen LogP contribution < -0.4 is 10.1 Å². The monoisotopic (exact) mass is 472 g/mol. The molecule has 1 amide bonds. The largest absolute Gasteiger partial charge is 0.497 e. The molecule has 1 aromatic carbocycles. The molecule has 4 rings (SSSR count). The van der Waals surface area contributed by atoms with E-state index in [0.29, 0.717) is 19.3 Å². The SMILES string of the molecule is COc1ccc2c(c1)CCCC2NC(=O)CCCCc1cn(C[C@@]2(F)CC[C@@H](C(=O)O)C2)nn1. The fraction of sp³-hybridized carbons (Fsp3) is 0.600. The van der Waals surface area contributed by atoms with Crippen LogP contribution in [0.3, 0.4) is 0 Å². The fourth-order valence-corrected chi connectivity index (χ4v) is 5.18. The number of amides is 1. The third kappa shape index (κ3) is 5.93. The number of benzene rings is 1. The van der Waals surface area contributed by atoms with Gasteiger partial charge >= 0.3 is 5.97 Å². The van der Waals surface area contributed by atoms with E-state index in [1.807, 2.05) is 6.07 Å². The van der Waals surface area contributed by atoms with E-state index in [0.717, 1.165) is 43.5 Å². The first kappa shape index (κ1) is 24.2. The topological polar surface area (TPSA) is 106 Å². The Bertz CT molecular complexity index is 1030. The van der Waals surface area contributed by atoms with Crippen LogP contribution >= 0.6 is 0 Å². The van der Waals surface area contributed by atoms with Gasteiger partial charge in [-0.1, -0.05) is 11.3 Å². The number of aromatic nitrogens is 3. The molecule has 0 radical (unpaired) electrons. The molecule has 1 aromatic heterocycles. The number of halogens is 1. The number of hydrogen-bond donors (Lipinski definition) is 2. The minimum atomic E-state index is -1.55. The van der Waals surface area contributed by atoms with E-state index in [4.69, 9.17) is 9.84 Å². The Balaban J connectivity index is 1.19. The third-order valence-corrected chi connectivity index (χ3v) is 7.02. The molecule has 9 heteroatoms. The van der Waals surface area contributed by atoms with Crippen molar-refractivity contribution in [2.75, 3.05) is 7.11 Å². The quantitative estimate of drug-likeness (QED) is 0.510. The number of nitrogens with one attached hydrogen (secondary N) is 1. The van der Waals surface area contributed by atoms with Gasteiger partial charge in [0.05, 0.1) is 31.3 Å². The summed E-state index contributed by atoms with van der Waals surface area (Å²) in [5, 5.41) is 20.4. The van der Waals surface area contributed by atoms with Crippen LogP contribution in [0.1, 0.15) is 74.2 Å². The first-order chi connectivity index (χ1) is 16.3. The van der Waals surface area contributed by atoms with E-state index >= 15 is 0 Å². The van der Waals surface area contributed by atoms with Gasteiger partial charge < -0.3 is 15.2 Å². The summed E-state index contributed by atoms with van der Waals surface area (Å²) in [4.78, 5) is 23.6. The number of rotatable bonds is 10. The van der Waals surface area contributed by atoms with Crippen molar-refractivity contribution in [1.29, 1.82) is 0 Å². The van der Waals surface area contributed by atoms with Crippen molar-refractivity contribution in [3.8, 4) is 5.75 Å². The smallest absolute Gasteiger partial charge is 0.306 e. The number of carboxylic acids is 1. The lowest BCUT2D eigenvalue weighted by Gasteiger charge is -2.26. The second-order valence-corrected chi connectivity index (χ2v) is 9.62. The first-order valence-corrected chi connectivity index (χ1v) is 12.1. The van der Waals surface area contributed by atoms with Crippen LogP contribution in [-0.4, -0.2) is 44.8 Å². The Morgan fingerprint density at radius 3 is 2.94 bits per heavy atom. The van der Waals surface area contributed by atoms with Gasteiger partial charge in [-0.3, -0.25) is 9.59 Å². The number of fused-ring (bicyclic) bond motifs is 1. The lowest BCUT2D eigenvalue weighted by atomic mass is 9.87. The predicted molar refractivity (Wildman–Crippen MR) is 123 cm³/mol. The maximum atomic E-state index is 14.9. The van der Waals surface area contributed by atoms with Crippen molar-refractivity contribution in [3.05, 3.63) is 41.2 Å². The van der Waals surface area contributed by atoms with Gasteiger partial charge in [0, 0.05) is 12.6 Å². The summed E-state index contributed by atoms with van der Waals surface area (Å²) in [6.45, 7) is 0.0287. The second-order valence-electron chi connectivity index (χ2n) is 9.62. The standard InChI is InChI=1S/C25H33FN4O4/c1-34-20-9-10-21-17(13-20)5-4-7-22(21)27-23(31)8-3-2-6-19-15-30(29-28-19)16-25(26)12-11-18(14-25)24(32)33/h9-10,13,15,18,22H,2-8,11-12,14,16H2,1H3,(H,27,31)(H,32,33)/t18-,22?,25-/m1/s1. The zero-order valence-electron chi connectivity index (χ0n) is 19.6. The molecular formula is C25H33FN4O4. The summed E-state index contributed by atoms with van der Waals surface area (Å²) in [7, 11) is 1.66. The Morgan fingerprint density at radius 2 is 2.18 bits per heavy atom. The van der Waals surface area contributed by atoms with Crippen molar-refractivity contribution in [1.82, 2.24) is 20.3 Å². The normalized spacial score (nSPS) is 23.9. The number of aliphatic carboxylic acids is 1. The van der Waals surface area contributed by atoms with Crippen molar-refractivity contribution in [2.45, 2.75) is 82.5 Å². The van der Waals surface area contributed by atoms with Gasteiger partial charge in [-0.15, -0.1) is 5.10 Å². The van der Waals surface area contributed by atoms with Gasteiger partial charge in [-0.2, -0.15) is 0 Å². The Morgan fingerprint density at radius 1 is 1.32 bits per heavy atom. The maximum absolute atomic E-state index is 14.9. The minimum absolute atomic E-state index is 0.0195. The summed E-state index contributed by atoms with van der Waals surface area (Å²) in [5.74, 6) is -0.664. The van der Waals surface area contributed by atoms with E-state index in [9.17, 15) is 14.0 Å². The van der Waals surface area contributed by atoms with Crippen LogP contribution in [-0.2, 0) is 29.0 Å². The van der Waals surface area contributed by atoms with E-state index < -0.39 is 17.6 Å². The van der Waals surface area contributed by atoms with Crippen LogP contribution in [0.5, 0.6) is 5.75 Å². The first-order valence-electron chi connectivity index (χ1n) is 12.1. The van der Waals surface area contributed by atoms with Gasteiger partial charge in [0.15, 0.2) is 0 Å². The highest BCUT2D eigenvalue weighted by Crippen LogP contribution is 2.39. The van der Waals surface area contributed by atoms with Gasteiger partial charge in [-0.05, 0) is 81.0 Å². The highest BCUT2D eigenvalue weighted by Gasteiger charge is 2.43. The molecule has 1 heterocycles. The molecule has 184 valence electrons. The molecule has 2 aromatic rings. The number of methoxy groups -OCH3 is 1.